The van der Waals surface area contributed by atoms with Gasteiger partial charge in [0.25, 0.3) is 0 Å². The Hall–Kier alpha value is -1.70. The average molecular weight is 357 g/mol. The summed E-state index contributed by atoms with van der Waals surface area (Å²) in [5.74, 6) is -0.947. The van der Waals surface area contributed by atoms with E-state index in [-0.39, 0.29) is 36.8 Å². The van der Waals surface area contributed by atoms with E-state index in [1.54, 1.807) is 6.07 Å². The largest absolute Gasteiger partial charge is 0.351 e. The van der Waals surface area contributed by atoms with Crippen molar-refractivity contribution in [3.8, 4) is 0 Å². The summed E-state index contributed by atoms with van der Waals surface area (Å²) in [5, 5.41) is 5.76. The number of carbonyl (C=O) groups is 2. The van der Waals surface area contributed by atoms with Crippen molar-refractivity contribution in [1.82, 2.24) is 15.5 Å². The van der Waals surface area contributed by atoms with Crippen molar-refractivity contribution in [2.75, 3.05) is 26.2 Å². The van der Waals surface area contributed by atoms with Gasteiger partial charge >= 0.3 is 0 Å². The number of amides is 2. The van der Waals surface area contributed by atoms with E-state index in [2.05, 4.69) is 15.5 Å². The maximum atomic E-state index is 13.1. The fourth-order valence-corrected chi connectivity index (χ4v) is 2.96. The molecule has 2 amide bonds. The van der Waals surface area contributed by atoms with E-state index in [4.69, 9.17) is 17.3 Å². The Morgan fingerprint density at radius 2 is 2.17 bits per heavy atom. The molecule has 1 aromatic rings. The van der Waals surface area contributed by atoms with Crippen LogP contribution in [0.15, 0.2) is 18.2 Å². The van der Waals surface area contributed by atoms with Gasteiger partial charge in [-0.15, -0.1) is 0 Å². The van der Waals surface area contributed by atoms with Crippen LogP contribution >= 0.6 is 11.6 Å². The highest BCUT2D eigenvalue weighted by Crippen LogP contribution is 2.21. The molecular weight excluding hydrogens is 335 g/mol. The summed E-state index contributed by atoms with van der Waals surface area (Å²) in [7, 11) is 0. The maximum absolute atomic E-state index is 13.1. The number of halogens is 2. The number of piperidine rings is 1. The molecule has 0 aliphatic carbocycles. The van der Waals surface area contributed by atoms with Crippen molar-refractivity contribution in [3.63, 3.8) is 0 Å². The standard InChI is InChI=1S/C16H22ClFN4O2/c17-14-6-12(18)4-3-11(14)9-22-5-1-2-13(10-22)21-16(24)8-20-15(23)7-19/h3-4,6,13H,1-2,5,7-10,19H2,(H,20,23)(H,21,24). The fourth-order valence-electron chi connectivity index (χ4n) is 2.74. The molecule has 1 atom stereocenters. The molecule has 0 aromatic heterocycles. The molecule has 8 heteroatoms. The van der Waals surface area contributed by atoms with Crippen LogP contribution in [0.25, 0.3) is 0 Å². The van der Waals surface area contributed by atoms with Crippen molar-refractivity contribution in [3.05, 3.63) is 34.6 Å². The zero-order valence-electron chi connectivity index (χ0n) is 13.4. The molecule has 1 aromatic carbocycles. The van der Waals surface area contributed by atoms with Crippen LogP contribution in [0.4, 0.5) is 4.39 Å². The second-order valence-corrected chi connectivity index (χ2v) is 6.27. The van der Waals surface area contributed by atoms with E-state index in [1.807, 2.05) is 0 Å². The zero-order chi connectivity index (χ0) is 17.5. The van der Waals surface area contributed by atoms with Crippen LogP contribution in [0.3, 0.4) is 0 Å². The van der Waals surface area contributed by atoms with Crippen LogP contribution in [0.2, 0.25) is 5.02 Å². The van der Waals surface area contributed by atoms with Gasteiger partial charge in [-0.2, -0.15) is 0 Å². The molecule has 0 saturated carbocycles. The van der Waals surface area contributed by atoms with Gasteiger partial charge in [-0.1, -0.05) is 17.7 Å². The summed E-state index contributed by atoms with van der Waals surface area (Å²) in [6.07, 6.45) is 1.82. The summed E-state index contributed by atoms with van der Waals surface area (Å²) in [6.45, 7) is 1.98. The van der Waals surface area contributed by atoms with E-state index in [1.165, 1.54) is 12.1 Å². The number of benzene rings is 1. The molecule has 2 rings (SSSR count). The van der Waals surface area contributed by atoms with Gasteiger partial charge in [0.1, 0.15) is 5.82 Å². The van der Waals surface area contributed by atoms with E-state index >= 15 is 0 Å². The zero-order valence-corrected chi connectivity index (χ0v) is 14.1. The molecule has 0 bridgehead atoms. The second kappa shape index (κ2) is 8.96. The SMILES string of the molecule is NCC(=O)NCC(=O)NC1CCCN(Cc2ccc(F)cc2Cl)C1. The summed E-state index contributed by atoms with van der Waals surface area (Å²) < 4.78 is 13.1. The minimum Gasteiger partial charge on any atom is -0.351 e. The lowest BCUT2D eigenvalue weighted by Gasteiger charge is -2.33. The Morgan fingerprint density at radius 3 is 2.88 bits per heavy atom. The molecule has 1 aliphatic heterocycles. The number of hydrogen-bond donors (Lipinski definition) is 3. The average Bonchev–Trinajstić information content (AvgIpc) is 2.55. The molecule has 24 heavy (non-hydrogen) atoms. The molecule has 6 nitrogen and oxygen atoms in total. The third-order valence-electron chi connectivity index (χ3n) is 3.91. The molecule has 0 spiro atoms. The lowest BCUT2D eigenvalue weighted by Crippen LogP contribution is -2.50. The predicted octanol–water partition coefficient (Wildman–Crippen LogP) is 0.635. The molecular formula is C16H22ClFN4O2. The highest BCUT2D eigenvalue weighted by atomic mass is 35.5. The van der Waals surface area contributed by atoms with Gasteiger partial charge in [-0.3, -0.25) is 14.5 Å². The van der Waals surface area contributed by atoms with Crippen LogP contribution < -0.4 is 16.4 Å². The van der Waals surface area contributed by atoms with Crippen molar-refractivity contribution in [1.29, 1.82) is 0 Å². The van der Waals surface area contributed by atoms with Crippen molar-refractivity contribution in [2.45, 2.75) is 25.4 Å². The lowest BCUT2D eigenvalue weighted by molar-refractivity contribution is -0.126. The smallest absolute Gasteiger partial charge is 0.239 e. The maximum Gasteiger partial charge on any atom is 0.239 e. The van der Waals surface area contributed by atoms with E-state index in [0.29, 0.717) is 18.1 Å². The quantitative estimate of drug-likeness (QED) is 0.698. The first-order chi connectivity index (χ1) is 11.5. The lowest BCUT2D eigenvalue weighted by atomic mass is 10.0. The van der Waals surface area contributed by atoms with Gasteiger partial charge in [0, 0.05) is 24.2 Å². The number of likely N-dealkylation sites (tertiary alicyclic amines) is 1. The Labute approximate surface area is 145 Å². The summed E-state index contributed by atoms with van der Waals surface area (Å²) in [6, 6.07) is 4.40. The third-order valence-corrected chi connectivity index (χ3v) is 4.26. The molecule has 1 heterocycles. The fraction of sp³-hybridized carbons (Fsp3) is 0.500. The third kappa shape index (κ3) is 5.74. The number of nitrogens with zero attached hydrogens (tertiary/aromatic N) is 1. The molecule has 0 radical (unpaired) electrons. The summed E-state index contributed by atoms with van der Waals surface area (Å²) in [4.78, 5) is 25.1. The van der Waals surface area contributed by atoms with Crippen molar-refractivity contribution >= 4 is 23.4 Å². The summed E-state index contributed by atoms with van der Waals surface area (Å²) in [5.41, 5.74) is 6.03. The molecule has 1 aliphatic rings. The highest BCUT2D eigenvalue weighted by Gasteiger charge is 2.22. The monoisotopic (exact) mass is 356 g/mol. The van der Waals surface area contributed by atoms with E-state index in [9.17, 15) is 14.0 Å². The van der Waals surface area contributed by atoms with Gasteiger partial charge in [-0.25, -0.2) is 4.39 Å². The number of rotatable bonds is 6. The Kier molecular flexibility index (Phi) is 6.96. The molecule has 132 valence electrons. The minimum absolute atomic E-state index is 0.0141. The van der Waals surface area contributed by atoms with Crippen LogP contribution in [-0.4, -0.2) is 48.9 Å². The van der Waals surface area contributed by atoms with E-state index in [0.717, 1.165) is 24.9 Å². The number of hydrogen-bond acceptors (Lipinski definition) is 4. The van der Waals surface area contributed by atoms with Crippen LogP contribution in [0.5, 0.6) is 0 Å². The number of nitrogens with one attached hydrogen (secondary N) is 2. The van der Waals surface area contributed by atoms with Gasteiger partial charge in [0.05, 0.1) is 13.1 Å². The molecule has 1 fully saturated rings. The molecule has 1 unspecified atom stereocenters. The molecule has 1 saturated heterocycles. The summed E-state index contributed by atoms with van der Waals surface area (Å²) >= 11 is 6.07. The first kappa shape index (κ1) is 18.6. The first-order valence-electron chi connectivity index (χ1n) is 7.90. The Balaban J connectivity index is 1.83. The van der Waals surface area contributed by atoms with Gasteiger partial charge in [0.2, 0.25) is 11.8 Å². The predicted molar refractivity (Wildman–Crippen MR) is 89.9 cm³/mol. The topological polar surface area (TPSA) is 87.5 Å². The number of carbonyl (C=O) groups excluding carboxylic acids is 2. The van der Waals surface area contributed by atoms with Crippen LogP contribution in [-0.2, 0) is 16.1 Å². The second-order valence-electron chi connectivity index (χ2n) is 5.86. The van der Waals surface area contributed by atoms with Gasteiger partial charge < -0.3 is 16.4 Å². The first-order valence-corrected chi connectivity index (χ1v) is 8.28. The number of nitrogens with two attached hydrogens (primary N) is 1. The van der Waals surface area contributed by atoms with Crippen molar-refractivity contribution in [2.24, 2.45) is 5.73 Å². The Morgan fingerprint density at radius 1 is 1.38 bits per heavy atom. The minimum atomic E-state index is -0.360. The van der Waals surface area contributed by atoms with Gasteiger partial charge in [-0.05, 0) is 37.1 Å². The molecule has 4 N–H and O–H groups in total. The van der Waals surface area contributed by atoms with E-state index < -0.39 is 0 Å². The van der Waals surface area contributed by atoms with Crippen molar-refractivity contribution < 1.29 is 14.0 Å². The van der Waals surface area contributed by atoms with Crippen LogP contribution in [0, 0.1) is 5.82 Å². The Bertz CT molecular complexity index is 599. The normalized spacial score (nSPS) is 18.2. The highest BCUT2D eigenvalue weighted by molar-refractivity contribution is 6.31. The van der Waals surface area contributed by atoms with Crippen LogP contribution in [0.1, 0.15) is 18.4 Å². The van der Waals surface area contributed by atoms with Gasteiger partial charge in [0.15, 0.2) is 0 Å².